The summed E-state index contributed by atoms with van der Waals surface area (Å²) < 4.78 is 0. The van der Waals surface area contributed by atoms with Gasteiger partial charge in [0.25, 0.3) is 0 Å². The van der Waals surface area contributed by atoms with Crippen LogP contribution < -0.4 is 10.2 Å². The Balaban J connectivity index is 1.90. The molecular formula is C21H24N4. The van der Waals surface area contributed by atoms with Gasteiger partial charge in [0.05, 0.1) is 0 Å². The van der Waals surface area contributed by atoms with E-state index in [4.69, 9.17) is 4.98 Å². The van der Waals surface area contributed by atoms with Gasteiger partial charge in [-0.05, 0) is 63.1 Å². The first-order valence-electron chi connectivity index (χ1n) is 8.58. The number of benzene rings is 2. The average Bonchev–Trinajstić information content (AvgIpc) is 2.59. The molecule has 0 aliphatic rings. The number of aromatic nitrogens is 2. The summed E-state index contributed by atoms with van der Waals surface area (Å²) in [6, 6.07) is 16.7. The SMILES string of the molecule is CCN(c1cccc(C)c1)c1ccnc(Nc2ccc(C)cc2C)n1. The minimum atomic E-state index is 0.607. The molecule has 0 unspecified atom stereocenters. The Morgan fingerprint density at radius 3 is 2.48 bits per heavy atom. The van der Waals surface area contributed by atoms with Gasteiger partial charge in [0.15, 0.2) is 0 Å². The smallest absolute Gasteiger partial charge is 0.229 e. The highest BCUT2D eigenvalue weighted by molar-refractivity contribution is 5.64. The summed E-state index contributed by atoms with van der Waals surface area (Å²) >= 11 is 0. The Morgan fingerprint density at radius 1 is 0.960 bits per heavy atom. The van der Waals surface area contributed by atoms with Crippen LogP contribution in [0.25, 0.3) is 0 Å². The maximum atomic E-state index is 4.71. The topological polar surface area (TPSA) is 41.1 Å². The van der Waals surface area contributed by atoms with E-state index in [1.807, 2.05) is 6.07 Å². The minimum absolute atomic E-state index is 0.607. The second kappa shape index (κ2) is 7.34. The van der Waals surface area contributed by atoms with Crippen molar-refractivity contribution >= 4 is 23.1 Å². The van der Waals surface area contributed by atoms with Gasteiger partial charge in [0.2, 0.25) is 5.95 Å². The van der Waals surface area contributed by atoms with Crippen LogP contribution in [0.2, 0.25) is 0 Å². The van der Waals surface area contributed by atoms with Crippen LogP contribution in [0.4, 0.5) is 23.1 Å². The molecule has 0 atom stereocenters. The van der Waals surface area contributed by atoms with Crippen LogP contribution in [0, 0.1) is 20.8 Å². The molecule has 2 aromatic carbocycles. The van der Waals surface area contributed by atoms with Crippen molar-refractivity contribution in [1.82, 2.24) is 9.97 Å². The summed E-state index contributed by atoms with van der Waals surface area (Å²) in [5, 5.41) is 3.33. The zero-order valence-electron chi connectivity index (χ0n) is 15.2. The van der Waals surface area contributed by atoms with E-state index in [1.165, 1.54) is 16.7 Å². The molecule has 1 aromatic heterocycles. The molecular weight excluding hydrogens is 308 g/mol. The summed E-state index contributed by atoms with van der Waals surface area (Å²) in [7, 11) is 0. The van der Waals surface area contributed by atoms with Crippen LogP contribution in [-0.4, -0.2) is 16.5 Å². The molecule has 0 spiro atoms. The van der Waals surface area contributed by atoms with Crippen molar-refractivity contribution in [2.45, 2.75) is 27.7 Å². The summed E-state index contributed by atoms with van der Waals surface area (Å²) in [5.74, 6) is 1.49. The summed E-state index contributed by atoms with van der Waals surface area (Å²) in [5.41, 5.74) is 5.83. The molecule has 4 nitrogen and oxygen atoms in total. The quantitative estimate of drug-likeness (QED) is 0.688. The maximum absolute atomic E-state index is 4.71. The largest absolute Gasteiger partial charge is 0.326 e. The number of nitrogens with zero attached hydrogens (tertiary/aromatic N) is 3. The third-order valence-electron chi connectivity index (χ3n) is 4.18. The molecule has 3 aromatic rings. The maximum Gasteiger partial charge on any atom is 0.229 e. The Labute approximate surface area is 149 Å². The first-order valence-corrected chi connectivity index (χ1v) is 8.58. The van der Waals surface area contributed by atoms with Gasteiger partial charge in [-0.2, -0.15) is 4.98 Å². The van der Waals surface area contributed by atoms with Crippen LogP contribution >= 0.6 is 0 Å². The fraction of sp³-hybridized carbons (Fsp3) is 0.238. The van der Waals surface area contributed by atoms with Crippen molar-refractivity contribution in [3.63, 3.8) is 0 Å². The van der Waals surface area contributed by atoms with Crippen LogP contribution in [0.5, 0.6) is 0 Å². The molecule has 1 heterocycles. The van der Waals surface area contributed by atoms with Crippen molar-refractivity contribution in [3.05, 3.63) is 71.4 Å². The van der Waals surface area contributed by atoms with Crippen molar-refractivity contribution in [3.8, 4) is 0 Å². The molecule has 0 aliphatic carbocycles. The number of hydrogen-bond acceptors (Lipinski definition) is 4. The van der Waals surface area contributed by atoms with Gasteiger partial charge in [-0.3, -0.25) is 0 Å². The lowest BCUT2D eigenvalue weighted by Crippen LogP contribution is -2.18. The third-order valence-corrected chi connectivity index (χ3v) is 4.18. The molecule has 25 heavy (non-hydrogen) atoms. The van der Waals surface area contributed by atoms with Crippen LogP contribution in [0.3, 0.4) is 0 Å². The third kappa shape index (κ3) is 3.97. The van der Waals surface area contributed by atoms with Crippen LogP contribution in [0.1, 0.15) is 23.6 Å². The lowest BCUT2D eigenvalue weighted by molar-refractivity contribution is 0.977. The highest BCUT2D eigenvalue weighted by Crippen LogP contribution is 2.26. The standard InChI is InChI=1S/C21H24N4/c1-5-25(18-8-6-7-15(2)14-18)20-11-12-22-21(24-20)23-19-10-9-16(3)13-17(19)4/h6-14H,5H2,1-4H3,(H,22,23,24). The predicted octanol–water partition coefficient (Wildman–Crippen LogP) is 5.30. The van der Waals surface area contributed by atoms with E-state index in [9.17, 15) is 0 Å². The first-order chi connectivity index (χ1) is 12.1. The highest BCUT2D eigenvalue weighted by atomic mass is 15.2. The Morgan fingerprint density at radius 2 is 1.76 bits per heavy atom. The lowest BCUT2D eigenvalue weighted by Gasteiger charge is -2.23. The number of hydrogen-bond donors (Lipinski definition) is 1. The molecule has 1 N–H and O–H groups in total. The molecule has 0 saturated carbocycles. The Hall–Kier alpha value is -2.88. The van der Waals surface area contributed by atoms with E-state index >= 15 is 0 Å². The molecule has 128 valence electrons. The van der Waals surface area contributed by atoms with Gasteiger partial charge >= 0.3 is 0 Å². The summed E-state index contributed by atoms with van der Waals surface area (Å²) in [6.07, 6.45) is 1.80. The van der Waals surface area contributed by atoms with Gasteiger partial charge in [0.1, 0.15) is 5.82 Å². The van der Waals surface area contributed by atoms with Gasteiger partial charge in [-0.25, -0.2) is 4.98 Å². The molecule has 3 rings (SSSR count). The Bertz CT molecular complexity index is 873. The normalized spacial score (nSPS) is 10.6. The lowest BCUT2D eigenvalue weighted by atomic mass is 10.1. The molecule has 0 saturated heterocycles. The molecule has 0 bridgehead atoms. The van der Waals surface area contributed by atoms with E-state index in [-0.39, 0.29) is 0 Å². The fourth-order valence-electron chi connectivity index (χ4n) is 2.91. The van der Waals surface area contributed by atoms with Crippen molar-refractivity contribution in [2.75, 3.05) is 16.8 Å². The van der Waals surface area contributed by atoms with E-state index < -0.39 is 0 Å². The first kappa shape index (κ1) is 17.0. The van der Waals surface area contributed by atoms with Crippen molar-refractivity contribution < 1.29 is 0 Å². The van der Waals surface area contributed by atoms with E-state index in [2.05, 4.69) is 85.4 Å². The molecule has 0 radical (unpaired) electrons. The Kier molecular flexibility index (Phi) is 4.98. The predicted molar refractivity (Wildman–Crippen MR) is 105 cm³/mol. The number of aryl methyl sites for hydroxylation is 3. The van der Waals surface area contributed by atoms with E-state index in [1.54, 1.807) is 6.20 Å². The van der Waals surface area contributed by atoms with Crippen LogP contribution in [-0.2, 0) is 0 Å². The molecule has 0 amide bonds. The van der Waals surface area contributed by atoms with Gasteiger partial charge in [-0.1, -0.05) is 29.8 Å². The van der Waals surface area contributed by atoms with Gasteiger partial charge < -0.3 is 10.2 Å². The molecule has 0 aliphatic heterocycles. The second-order valence-electron chi connectivity index (χ2n) is 6.27. The van der Waals surface area contributed by atoms with Gasteiger partial charge in [-0.15, -0.1) is 0 Å². The van der Waals surface area contributed by atoms with E-state index in [0.29, 0.717) is 5.95 Å². The monoisotopic (exact) mass is 332 g/mol. The van der Waals surface area contributed by atoms with Gasteiger partial charge in [0, 0.05) is 24.1 Å². The number of rotatable bonds is 5. The fourth-order valence-corrected chi connectivity index (χ4v) is 2.91. The molecule has 4 heteroatoms. The molecule has 0 fully saturated rings. The summed E-state index contributed by atoms with van der Waals surface area (Å²) in [4.78, 5) is 11.3. The number of nitrogens with one attached hydrogen (secondary N) is 1. The van der Waals surface area contributed by atoms with Crippen LogP contribution in [0.15, 0.2) is 54.7 Å². The van der Waals surface area contributed by atoms with Crippen molar-refractivity contribution in [1.29, 1.82) is 0 Å². The van der Waals surface area contributed by atoms with E-state index in [0.717, 1.165) is 23.7 Å². The second-order valence-corrected chi connectivity index (χ2v) is 6.27. The minimum Gasteiger partial charge on any atom is -0.326 e. The zero-order valence-corrected chi connectivity index (χ0v) is 15.2. The zero-order chi connectivity index (χ0) is 17.8. The number of anilines is 4. The highest BCUT2D eigenvalue weighted by Gasteiger charge is 2.10. The summed E-state index contributed by atoms with van der Waals surface area (Å²) in [6.45, 7) is 9.24. The van der Waals surface area contributed by atoms with Crippen molar-refractivity contribution in [2.24, 2.45) is 0 Å². The average molecular weight is 332 g/mol.